The van der Waals surface area contributed by atoms with Crippen LogP contribution >= 0.6 is 0 Å². The number of carbonyl (C=O) groups is 2. The van der Waals surface area contributed by atoms with Gasteiger partial charge in [-0.05, 0) is 32.8 Å². The lowest BCUT2D eigenvalue weighted by Gasteiger charge is -2.42. The number of carbonyl (C=O) groups excluding carboxylic acids is 2. The molecule has 1 aromatic heterocycles. The summed E-state index contributed by atoms with van der Waals surface area (Å²) < 4.78 is 0. The van der Waals surface area contributed by atoms with Crippen molar-refractivity contribution in [2.75, 3.05) is 26.7 Å². The maximum absolute atomic E-state index is 13.6. The van der Waals surface area contributed by atoms with Gasteiger partial charge in [-0.15, -0.1) is 0 Å². The molecule has 0 saturated carbocycles. The van der Waals surface area contributed by atoms with Crippen LogP contribution in [-0.4, -0.2) is 92.4 Å². The molecule has 2 aromatic rings. The van der Waals surface area contributed by atoms with Gasteiger partial charge in [0.05, 0.1) is 12.1 Å². The Kier molecular flexibility index (Phi) is 5.40. The highest BCUT2D eigenvalue weighted by atomic mass is 16.2. The van der Waals surface area contributed by atoms with E-state index in [4.69, 9.17) is 10.7 Å². The van der Waals surface area contributed by atoms with E-state index in [0.29, 0.717) is 18.9 Å². The number of likely N-dealkylation sites (tertiary alicyclic amines) is 1. The number of imide groups is 1. The topological polar surface area (TPSA) is 111 Å². The van der Waals surface area contributed by atoms with E-state index in [1.165, 1.54) is 4.90 Å². The number of urea groups is 1. The fraction of sp³-hybridized carbons (Fsp3) is 0.522. The molecule has 33 heavy (non-hydrogen) atoms. The second-order valence-electron chi connectivity index (χ2n) is 8.98. The molecule has 2 saturated heterocycles. The van der Waals surface area contributed by atoms with E-state index >= 15 is 0 Å². The fourth-order valence-corrected chi connectivity index (χ4v) is 5.11. The minimum atomic E-state index is -0.563. The van der Waals surface area contributed by atoms with Gasteiger partial charge < -0.3 is 20.4 Å². The zero-order valence-electron chi connectivity index (χ0n) is 19.3. The van der Waals surface area contributed by atoms with Gasteiger partial charge in [-0.3, -0.25) is 9.69 Å². The number of nitrogens with zero attached hydrogens (tertiary/aromatic N) is 7. The van der Waals surface area contributed by atoms with Crippen LogP contribution in [0.4, 0.5) is 4.79 Å². The normalized spacial score (nSPS) is 25.7. The van der Waals surface area contributed by atoms with Crippen LogP contribution in [0.1, 0.15) is 31.3 Å². The summed E-state index contributed by atoms with van der Waals surface area (Å²) >= 11 is 0. The third-order valence-corrected chi connectivity index (χ3v) is 6.79. The van der Waals surface area contributed by atoms with Crippen molar-refractivity contribution in [2.24, 2.45) is 10.7 Å². The summed E-state index contributed by atoms with van der Waals surface area (Å²) in [6, 6.07) is 6.87. The molecule has 3 unspecified atom stereocenters. The van der Waals surface area contributed by atoms with Crippen LogP contribution in [0.3, 0.4) is 0 Å². The van der Waals surface area contributed by atoms with Crippen molar-refractivity contribution in [1.29, 1.82) is 0 Å². The molecule has 5 rings (SSSR count). The van der Waals surface area contributed by atoms with Gasteiger partial charge in [0.2, 0.25) is 0 Å². The lowest BCUT2D eigenvalue weighted by Crippen LogP contribution is -2.65. The minimum Gasteiger partial charge on any atom is -0.341 e. The monoisotopic (exact) mass is 450 g/mol. The van der Waals surface area contributed by atoms with Crippen LogP contribution in [0.2, 0.25) is 0 Å². The maximum Gasteiger partial charge on any atom is 0.328 e. The number of hydrogen-bond donors (Lipinski definition) is 1. The number of fused-ring (bicyclic) bond motifs is 2. The predicted octanol–water partition coefficient (Wildman–Crippen LogP) is 1.14. The number of benzene rings is 1. The molecule has 3 amide bonds. The van der Waals surface area contributed by atoms with Crippen molar-refractivity contribution in [3.63, 3.8) is 0 Å². The highest BCUT2D eigenvalue weighted by Crippen LogP contribution is 2.30. The number of nitrogens with two attached hydrogens (primary N) is 1. The molecule has 10 heteroatoms. The van der Waals surface area contributed by atoms with E-state index in [9.17, 15) is 9.59 Å². The molecule has 3 aliphatic heterocycles. The largest absolute Gasteiger partial charge is 0.341 e. The van der Waals surface area contributed by atoms with Crippen LogP contribution in [0.25, 0.3) is 10.9 Å². The number of rotatable bonds is 3. The quantitative estimate of drug-likeness (QED) is 0.746. The number of aliphatic imine (C=N–C) groups is 1. The van der Waals surface area contributed by atoms with Gasteiger partial charge in [0.15, 0.2) is 18.2 Å². The molecule has 3 aliphatic rings. The van der Waals surface area contributed by atoms with E-state index in [0.717, 1.165) is 41.9 Å². The first kappa shape index (κ1) is 21.6. The average molecular weight is 451 g/mol. The first-order chi connectivity index (χ1) is 15.9. The SMILES string of the molecule is CCN1C(N2CCCC(N)C2)=NC2C1C(=O)N(Cc1nc(C)c3ccccc3n1)C(=O)N2C. The minimum absolute atomic E-state index is 0.0262. The zero-order chi connectivity index (χ0) is 23.3. The number of guanidine groups is 1. The number of hydrogen-bond acceptors (Lipinski definition) is 8. The smallest absolute Gasteiger partial charge is 0.328 e. The Hall–Kier alpha value is -3.27. The number of piperidine rings is 1. The molecule has 174 valence electrons. The second kappa shape index (κ2) is 8.26. The third kappa shape index (κ3) is 3.58. The van der Waals surface area contributed by atoms with Crippen LogP contribution < -0.4 is 5.73 Å². The second-order valence-corrected chi connectivity index (χ2v) is 8.98. The van der Waals surface area contributed by atoms with E-state index in [1.807, 2.05) is 43.0 Å². The van der Waals surface area contributed by atoms with Crippen LogP contribution in [0, 0.1) is 6.92 Å². The lowest BCUT2D eigenvalue weighted by molar-refractivity contribution is -0.138. The molecule has 2 N–H and O–H groups in total. The Labute approximate surface area is 193 Å². The van der Waals surface area contributed by atoms with Crippen LogP contribution in [-0.2, 0) is 11.3 Å². The van der Waals surface area contributed by atoms with E-state index in [2.05, 4.69) is 14.9 Å². The van der Waals surface area contributed by atoms with Gasteiger partial charge in [-0.1, -0.05) is 18.2 Å². The standard InChI is InChI=1S/C23H30N8O2/c1-4-30-19-20(27-22(30)29-11-7-8-15(24)12-29)28(3)23(33)31(21(19)32)13-18-25-14(2)16-9-5-6-10-17(16)26-18/h5-6,9-10,15,19-20H,4,7-8,11-13,24H2,1-3H3. The van der Waals surface area contributed by atoms with Crippen molar-refractivity contribution in [2.45, 2.75) is 51.5 Å². The van der Waals surface area contributed by atoms with E-state index in [-0.39, 0.29) is 24.5 Å². The Morgan fingerprint density at radius 2 is 1.97 bits per heavy atom. The van der Waals surface area contributed by atoms with Gasteiger partial charge in [-0.2, -0.15) is 0 Å². The van der Waals surface area contributed by atoms with Crippen molar-refractivity contribution < 1.29 is 9.59 Å². The van der Waals surface area contributed by atoms with Crippen molar-refractivity contribution in [3.8, 4) is 0 Å². The summed E-state index contributed by atoms with van der Waals surface area (Å²) in [6.07, 6.45) is 1.42. The molecule has 3 atom stereocenters. The third-order valence-electron chi connectivity index (χ3n) is 6.79. The number of aryl methyl sites for hydroxylation is 1. The van der Waals surface area contributed by atoms with Crippen molar-refractivity contribution in [1.82, 2.24) is 29.6 Å². The Bertz CT molecular complexity index is 1130. The van der Waals surface area contributed by atoms with Crippen LogP contribution in [0.5, 0.6) is 0 Å². The summed E-state index contributed by atoms with van der Waals surface area (Å²) in [4.78, 5) is 47.8. The maximum atomic E-state index is 13.6. The molecule has 0 bridgehead atoms. The van der Waals surface area contributed by atoms with Gasteiger partial charge in [0.1, 0.15) is 5.82 Å². The lowest BCUT2D eigenvalue weighted by atomic mass is 10.1. The highest BCUT2D eigenvalue weighted by molar-refractivity contribution is 6.03. The number of likely N-dealkylation sites (N-methyl/N-ethyl adjacent to an activating group) is 2. The first-order valence-electron chi connectivity index (χ1n) is 11.5. The molecule has 0 aliphatic carbocycles. The summed E-state index contributed by atoms with van der Waals surface area (Å²) in [5, 5.41) is 0.959. The Balaban J connectivity index is 1.44. The van der Waals surface area contributed by atoms with E-state index in [1.54, 1.807) is 11.9 Å². The van der Waals surface area contributed by atoms with Crippen LogP contribution in [0.15, 0.2) is 29.3 Å². The van der Waals surface area contributed by atoms with Gasteiger partial charge in [-0.25, -0.2) is 19.8 Å². The first-order valence-corrected chi connectivity index (χ1v) is 11.5. The average Bonchev–Trinajstić information content (AvgIpc) is 3.20. The van der Waals surface area contributed by atoms with Crippen molar-refractivity contribution in [3.05, 3.63) is 35.8 Å². The molecule has 0 spiro atoms. The number of para-hydroxylation sites is 1. The van der Waals surface area contributed by atoms with E-state index < -0.39 is 12.2 Å². The van der Waals surface area contributed by atoms with Gasteiger partial charge in [0.25, 0.3) is 5.91 Å². The molecule has 0 radical (unpaired) electrons. The predicted molar refractivity (Wildman–Crippen MR) is 124 cm³/mol. The molecule has 4 heterocycles. The number of amides is 3. The summed E-state index contributed by atoms with van der Waals surface area (Å²) in [7, 11) is 1.70. The summed E-state index contributed by atoms with van der Waals surface area (Å²) in [6.45, 7) is 6.11. The summed E-state index contributed by atoms with van der Waals surface area (Å²) in [5.74, 6) is 0.943. The summed E-state index contributed by atoms with van der Waals surface area (Å²) in [5.41, 5.74) is 7.81. The molecular formula is C23H30N8O2. The highest BCUT2D eigenvalue weighted by Gasteiger charge is 2.52. The Morgan fingerprint density at radius 3 is 2.73 bits per heavy atom. The molecule has 1 aromatic carbocycles. The van der Waals surface area contributed by atoms with Gasteiger partial charge in [0, 0.05) is 43.8 Å². The zero-order valence-corrected chi connectivity index (χ0v) is 19.3. The van der Waals surface area contributed by atoms with Crippen molar-refractivity contribution >= 4 is 28.8 Å². The Morgan fingerprint density at radius 1 is 1.18 bits per heavy atom. The number of aromatic nitrogens is 2. The molecule has 10 nitrogen and oxygen atoms in total. The molecule has 2 fully saturated rings. The fourth-order valence-electron chi connectivity index (χ4n) is 5.11. The molecular weight excluding hydrogens is 420 g/mol. The van der Waals surface area contributed by atoms with Gasteiger partial charge >= 0.3 is 6.03 Å².